The van der Waals surface area contributed by atoms with Gasteiger partial charge in [0.15, 0.2) is 6.10 Å². The number of benzene rings is 2. The zero-order valence-corrected chi connectivity index (χ0v) is 17.5. The van der Waals surface area contributed by atoms with Crippen molar-refractivity contribution in [3.63, 3.8) is 0 Å². The van der Waals surface area contributed by atoms with Crippen LogP contribution in [-0.2, 0) is 24.3 Å². The quantitative estimate of drug-likeness (QED) is 0.609. The molecule has 0 aromatic heterocycles. The number of amides is 1. The molecule has 156 valence electrons. The molecule has 0 saturated carbocycles. The van der Waals surface area contributed by atoms with Crippen LogP contribution in [0.15, 0.2) is 59.5 Å². The Morgan fingerprint density at radius 2 is 1.62 bits per heavy atom. The Morgan fingerprint density at radius 3 is 2.24 bits per heavy atom. The zero-order chi connectivity index (χ0) is 21.4. The van der Waals surface area contributed by atoms with Crippen molar-refractivity contribution >= 4 is 21.9 Å². The first-order chi connectivity index (χ1) is 13.7. The third-order valence-electron chi connectivity index (χ3n) is 4.29. The summed E-state index contributed by atoms with van der Waals surface area (Å²) >= 11 is 0. The van der Waals surface area contributed by atoms with E-state index in [2.05, 4.69) is 10.0 Å². The summed E-state index contributed by atoms with van der Waals surface area (Å²) in [7, 11) is -3.70. The molecule has 2 aromatic rings. The van der Waals surface area contributed by atoms with Crippen LogP contribution in [0.25, 0.3) is 0 Å². The van der Waals surface area contributed by atoms with Gasteiger partial charge in [-0.1, -0.05) is 48.0 Å². The van der Waals surface area contributed by atoms with Crippen molar-refractivity contribution in [3.05, 3.63) is 65.7 Å². The molecule has 2 rings (SSSR count). The van der Waals surface area contributed by atoms with Crippen molar-refractivity contribution in [2.45, 2.75) is 44.2 Å². The molecule has 0 saturated heterocycles. The van der Waals surface area contributed by atoms with E-state index in [1.165, 1.54) is 19.1 Å². The molecule has 7 nitrogen and oxygen atoms in total. The molecule has 0 bridgehead atoms. The molecule has 29 heavy (non-hydrogen) atoms. The number of hydrogen-bond acceptors (Lipinski definition) is 5. The molecule has 2 aromatic carbocycles. The second-order valence-electron chi connectivity index (χ2n) is 6.73. The number of carbonyl (C=O) groups is 2. The second-order valence-corrected chi connectivity index (χ2v) is 8.50. The Morgan fingerprint density at radius 1 is 1.00 bits per heavy atom. The highest BCUT2D eigenvalue weighted by molar-refractivity contribution is 7.89. The van der Waals surface area contributed by atoms with Gasteiger partial charge < -0.3 is 10.1 Å². The molecule has 0 aliphatic rings. The summed E-state index contributed by atoms with van der Waals surface area (Å²) in [5, 5.41) is 2.78. The standard InChI is InChI=1S/C21H26N2O5S/c1-15-9-11-19(12-10-15)29(26,27)22-14-13-20(24)28-17(3)21(25)23-16(2)18-7-5-4-6-8-18/h4-12,16-17,22H,13-14H2,1-3H3,(H,23,25). The molecule has 8 heteroatoms. The van der Waals surface area contributed by atoms with Gasteiger partial charge in [-0.05, 0) is 38.5 Å². The Kier molecular flexibility index (Phi) is 7.92. The highest BCUT2D eigenvalue weighted by Gasteiger charge is 2.20. The number of sulfonamides is 1. The number of hydrogen-bond donors (Lipinski definition) is 2. The molecule has 2 N–H and O–H groups in total. The van der Waals surface area contributed by atoms with Gasteiger partial charge in [0.2, 0.25) is 10.0 Å². The van der Waals surface area contributed by atoms with Crippen LogP contribution in [0.4, 0.5) is 0 Å². The number of aryl methyl sites for hydroxylation is 1. The predicted molar refractivity (Wildman–Crippen MR) is 110 cm³/mol. The van der Waals surface area contributed by atoms with Gasteiger partial charge in [0.25, 0.3) is 5.91 Å². The molecule has 0 heterocycles. The first kappa shape index (κ1) is 22.6. The summed E-state index contributed by atoms with van der Waals surface area (Å²) in [5.74, 6) is -1.08. The largest absolute Gasteiger partial charge is 0.453 e. The molecule has 0 aliphatic heterocycles. The van der Waals surface area contributed by atoms with Gasteiger partial charge in [-0.3, -0.25) is 9.59 Å². The predicted octanol–water partition coefficient (Wildman–Crippen LogP) is 2.47. The van der Waals surface area contributed by atoms with E-state index in [0.717, 1.165) is 11.1 Å². The van der Waals surface area contributed by atoms with E-state index in [4.69, 9.17) is 4.74 Å². The van der Waals surface area contributed by atoms with Crippen LogP contribution in [0.1, 0.15) is 37.4 Å². The lowest BCUT2D eigenvalue weighted by molar-refractivity contribution is -0.154. The van der Waals surface area contributed by atoms with Crippen molar-refractivity contribution in [3.8, 4) is 0 Å². The van der Waals surface area contributed by atoms with Crippen LogP contribution >= 0.6 is 0 Å². The van der Waals surface area contributed by atoms with E-state index in [1.54, 1.807) is 12.1 Å². The minimum absolute atomic E-state index is 0.121. The van der Waals surface area contributed by atoms with E-state index in [9.17, 15) is 18.0 Å². The Bertz CT molecular complexity index is 927. The Balaban J connectivity index is 1.78. The zero-order valence-electron chi connectivity index (χ0n) is 16.7. The Hall–Kier alpha value is -2.71. The first-order valence-corrected chi connectivity index (χ1v) is 10.8. The topological polar surface area (TPSA) is 102 Å². The fourth-order valence-electron chi connectivity index (χ4n) is 2.55. The van der Waals surface area contributed by atoms with E-state index in [1.807, 2.05) is 44.2 Å². The maximum absolute atomic E-state index is 12.2. The lowest BCUT2D eigenvalue weighted by Gasteiger charge is -2.18. The summed E-state index contributed by atoms with van der Waals surface area (Å²) in [4.78, 5) is 24.3. The second kappa shape index (κ2) is 10.2. The van der Waals surface area contributed by atoms with Crippen LogP contribution < -0.4 is 10.0 Å². The van der Waals surface area contributed by atoms with Crippen LogP contribution in [0, 0.1) is 6.92 Å². The number of rotatable bonds is 9. The number of ether oxygens (including phenoxy) is 1. The van der Waals surface area contributed by atoms with Gasteiger partial charge in [-0.25, -0.2) is 13.1 Å². The molecular weight excluding hydrogens is 392 g/mol. The van der Waals surface area contributed by atoms with Crippen LogP contribution in [0.3, 0.4) is 0 Å². The maximum Gasteiger partial charge on any atom is 0.307 e. The third-order valence-corrected chi connectivity index (χ3v) is 5.77. The van der Waals surface area contributed by atoms with Crippen molar-refractivity contribution in [2.75, 3.05) is 6.54 Å². The van der Waals surface area contributed by atoms with Crippen molar-refractivity contribution < 1.29 is 22.7 Å². The minimum Gasteiger partial charge on any atom is -0.453 e. The fraction of sp³-hybridized carbons (Fsp3) is 0.333. The molecule has 0 aliphatic carbocycles. The molecule has 0 fully saturated rings. The van der Waals surface area contributed by atoms with Crippen molar-refractivity contribution in [1.82, 2.24) is 10.0 Å². The highest BCUT2D eigenvalue weighted by atomic mass is 32.2. The van der Waals surface area contributed by atoms with Crippen LogP contribution in [0.2, 0.25) is 0 Å². The first-order valence-electron chi connectivity index (χ1n) is 9.30. The lowest BCUT2D eigenvalue weighted by atomic mass is 10.1. The summed E-state index contributed by atoms with van der Waals surface area (Å²) < 4.78 is 31.8. The third kappa shape index (κ3) is 6.99. The summed E-state index contributed by atoms with van der Waals surface area (Å²) in [6.07, 6.45) is -1.17. The highest BCUT2D eigenvalue weighted by Crippen LogP contribution is 2.12. The van der Waals surface area contributed by atoms with E-state index in [-0.39, 0.29) is 23.9 Å². The van der Waals surface area contributed by atoms with Gasteiger partial charge in [-0.15, -0.1) is 0 Å². The molecule has 0 spiro atoms. The monoisotopic (exact) mass is 418 g/mol. The average molecular weight is 419 g/mol. The summed E-state index contributed by atoms with van der Waals surface area (Å²) in [6, 6.07) is 15.6. The smallest absolute Gasteiger partial charge is 0.307 e. The molecule has 2 atom stereocenters. The number of esters is 1. The van der Waals surface area contributed by atoms with E-state index in [0.29, 0.717) is 0 Å². The van der Waals surface area contributed by atoms with Gasteiger partial charge >= 0.3 is 5.97 Å². The Labute approximate surface area is 171 Å². The minimum atomic E-state index is -3.70. The summed E-state index contributed by atoms with van der Waals surface area (Å²) in [6.45, 7) is 5.05. The number of nitrogens with one attached hydrogen (secondary N) is 2. The normalized spacial score (nSPS) is 13.3. The average Bonchev–Trinajstić information content (AvgIpc) is 2.68. The maximum atomic E-state index is 12.2. The van der Waals surface area contributed by atoms with Crippen LogP contribution in [0.5, 0.6) is 0 Å². The molecule has 0 radical (unpaired) electrons. The van der Waals surface area contributed by atoms with E-state index >= 15 is 0 Å². The van der Waals surface area contributed by atoms with E-state index < -0.39 is 28.0 Å². The summed E-state index contributed by atoms with van der Waals surface area (Å²) in [5.41, 5.74) is 1.88. The number of carbonyl (C=O) groups excluding carboxylic acids is 2. The van der Waals surface area contributed by atoms with Gasteiger partial charge in [0.1, 0.15) is 0 Å². The molecule has 2 unspecified atom stereocenters. The SMILES string of the molecule is Cc1ccc(S(=O)(=O)NCCC(=O)OC(C)C(=O)NC(C)c2ccccc2)cc1. The van der Waals surface area contributed by atoms with Crippen LogP contribution in [-0.4, -0.2) is 32.9 Å². The molecule has 1 amide bonds. The van der Waals surface area contributed by atoms with Gasteiger partial charge in [0.05, 0.1) is 17.4 Å². The van der Waals surface area contributed by atoms with Crippen molar-refractivity contribution in [1.29, 1.82) is 0 Å². The van der Waals surface area contributed by atoms with Gasteiger partial charge in [-0.2, -0.15) is 0 Å². The fourth-order valence-corrected chi connectivity index (χ4v) is 3.59. The lowest BCUT2D eigenvalue weighted by Crippen LogP contribution is -2.37. The molecular formula is C21H26N2O5S. The van der Waals surface area contributed by atoms with Crippen molar-refractivity contribution in [2.24, 2.45) is 0 Å². The van der Waals surface area contributed by atoms with Gasteiger partial charge in [0, 0.05) is 6.54 Å².